The van der Waals surface area contributed by atoms with E-state index in [9.17, 15) is 13.2 Å². The Kier molecular flexibility index (Phi) is 4.58. The summed E-state index contributed by atoms with van der Waals surface area (Å²) in [5.41, 5.74) is 0.577. The van der Waals surface area contributed by atoms with Crippen molar-refractivity contribution in [2.24, 2.45) is 17.8 Å². The second-order valence-electron chi connectivity index (χ2n) is 7.83. The number of nitrogens with zero attached hydrogens (tertiary/aromatic N) is 1. The van der Waals surface area contributed by atoms with E-state index in [0.717, 1.165) is 24.7 Å². The van der Waals surface area contributed by atoms with Crippen LogP contribution in [0.4, 0.5) is 5.69 Å². The van der Waals surface area contributed by atoms with Crippen LogP contribution in [0.5, 0.6) is 0 Å². The predicted molar refractivity (Wildman–Crippen MR) is 96.6 cm³/mol. The molecule has 0 spiro atoms. The van der Waals surface area contributed by atoms with Gasteiger partial charge in [0.1, 0.15) is 0 Å². The van der Waals surface area contributed by atoms with Crippen LogP contribution < -0.4 is 5.32 Å². The first-order valence-corrected chi connectivity index (χ1v) is 10.9. The lowest BCUT2D eigenvalue weighted by Gasteiger charge is -2.21. The van der Waals surface area contributed by atoms with Gasteiger partial charge in [-0.25, -0.2) is 8.42 Å². The van der Waals surface area contributed by atoms with Gasteiger partial charge < -0.3 is 5.32 Å². The van der Waals surface area contributed by atoms with Crippen LogP contribution in [-0.2, 0) is 14.8 Å². The first-order valence-electron chi connectivity index (χ1n) is 9.42. The van der Waals surface area contributed by atoms with Crippen LogP contribution in [0, 0.1) is 17.8 Å². The number of nitrogens with one attached hydrogen (secondary N) is 1. The fourth-order valence-corrected chi connectivity index (χ4v) is 6.45. The lowest BCUT2D eigenvalue weighted by molar-refractivity contribution is -0.117. The van der Waals surface area contributed by atoms with Gasteiger partial charge in [-0.2, -0.15) is 4.31 Å². The number of hydrogen-bond donors (Lipinski definition) is 1. The molecule has 136 valence electrons. The molecule has 0 aromatic heterocycles. The van der Waals surface area contributed by atoms with Gasteiger partial charge in [-0.3, -0.25) is 4.79 Å². The summed E-state index contributed by atoms with van der Waals surface area (Å²) in [6.45, 7) is 1.17. The second kappa shape index (κ2) is 6.72. The van der Waals surface area contributed by atoms with Gasteiger partial charge in [0.05, 0.1) is 4.90 Å². The van der Waals surface area contributed by atoms with Crippen molar-refractivity contribution < 1.29 is 13.2 Å². The molecule has 3 aliphatic rings. The van der Waals surface area contributed by atoms with Crippen LogP contribution in [0.1, 0.15) is 44.9 Å². The van der Waals surface area contributed by atoms with Gasteiger partial charge in [0.25, 0.3) is 0 Å². The van der Waals surface area contributed by atoms with Gasteiger partial charge >= 0.3 is 0 Å². The molecular weight excluding hydrogens is 336 g/mol. The maximum absolute atomic E-state index is 12.7. The molecule has 1 saturated heterocycles. The van der Waals surface area contributed by atoms with E-state index in [1.165, 1.54) is 30.0 Å². The van der Waals surface area contributed by atoms with E-state index in [1.807, 2.05) is 0 Å². The number of carbonyl (C=O) groups excluding carboxylic acids is 1. The van der Waals surface area contributed by atoms with E-state index in [1.54, 1.807) is 24.3 Å². The van der Waals surface area contributed by atoms with Crippen molar-refractivity contribution in [3.05, 3.63) is 24.3 Å². The van der Waals surface area contributed by atoms with E-state index in [-0.39, 0.29) is 10.8 Å². The van der Waals surface area contributed by atoms with Gasteiger partial charge in [-0.05, 0) is 68.1 Å². The number of carbonyl (C=O) groups is 1. The van der Waals surface area contributed by atoms with E-state index in [4.69, 9.17) is 0 Å². The van der Waals surface area contributed by atoms with Crippen molar-refractivity contribution >= 4 is 21.6 Å². The molecule has 2 saturated carbocycles. The van der Waals surface area contributed by atoms with Crippen molar-refractivity contribution in [3.8, 4) is 0 Å². The average Bonchev–Trinajstić information content (AvgIpc) is 3.33. The summed E-state index contributed by atoms with van der Waals surface area (Å²) in [6.07, 6.45) is 7.47. The van der Waals surface area contributed by atoms with Crippen molar-refractivity contribution in [2.45, 2.75) is 49.8 Å². The highest BCUT2D eigenvalue weighted by Crippen LogP contribution is 2.49. The Morgan fingerprint density at radius 1 is 1.16 bits per heavy atom. The molecule has 2 aliphatic carbocycles. The van der Waals surface area contributed by atoms with E-state index in [2.05, 4.69) is 5.32 Å². The minimum Gasteiger partial charge on any atom is -0.326 e. The zero-order valence-electron chi connectivity index (χ0n) is 14.5. The Morgan fingerprint density at radius 2 is 1.96 bits per heavy atom. The normalized spacial score (nSPS) is 29.2. The Bertz CT molecular complexity index is 756. The topological polar surface area (TPSA) is 66.5 Å². The fourth-order valence-electron chi connectivity index (χ4n) is 4.89. The standard InChI is InChI=1S/C19H26N2O3S/c22-19(12-16-11-14-6-7-15(16)10-14)20-17-4-3-5-18(13-17)25(23,24)21-8-1-2-9-21/h3-5,13-16H,1-2,6-12H2,(H,20,22). The Hall–Kier alpha value is -1.40. The van der Waals surface area contributed by atoms with Crippen LogP contribution in [0.15, 0.2) is 29.2 Å². The predicted octanol–water partition coefficient (Wildman–Crippen LogP) is 3.24. The number of amides is 1. The molecule has 1 aliphatic heterocycles. The average molecular weight is 362 g/mol. The Labute approximate surface area is 149 Å². The highest BCUT2D eigenvalue weighted by Gasteiger charge is 2.40. The van der Waals surface area contributed by atoms with Gasteiger partial charge in [-0.15, -0.1) is 0 Å². The van der Waals surface area contributed by atoms with Gasteiger partial charge in [0.2, 0.25) is 15.9 Å². The van der Waals surface area contributed by atoms with Crippen LogP contribution >= 0.6 is 0 Å². The van der Waals surface area contributed by atoms with Crippen molar-refractivity contribution in [2.75, 3.05) is 18.4 Å². The van der Waals surface area contributed by atoms with Crippen LogP contribution in [-0.4, -0.2) is 31.7 Å². The third-order valence-corrected chi connectivity index (χ3v) is 8.05. The van der Waals surface area contributed by atoms with Gasteiger partial charge in [0.15, 0.2) is 0 Å². The molecule has 1 amide bonds. The highest BCUT2D eigenvalue weighted by atomic mass is 32.2. The summed E-state index contributed by atoms with van der Waals surface area (Å²) in [5, 5.41) is 2.91. The van der Waals surface area contributed by atoms with Crippen LogP contribution in [0.3, 0.4) is 0 Å². The summed E-state index contributed by atoms with van der Waals surface area (Å²) < 4.78 is 26.8. The molecule has 0 radical (unpaired) electrons. The molecule has 3 unspecified atom stereocenters. The summed E-state index contributed by atoms with van der Waals surface area (Å²) >= 11 is 0. The molecule has 6 heteroatoms. The summed E-state index contributed by atoms with van der Waals surface area (Å²) in [6, 6.07) is 6.67. The van der Waals surface area contributed by atoms with Crippen LogP contribution in [0.2, 0.25) is 0 Å². The molecule has 5 nitrogen and oxygen atoms in total. The highest BCUT2D eigenvalue weighted by molar-refractivity contribution is 7.89. The first-order chi connectivity index (χ1) is 12.0. The number of benzene rings is 1. The third-order valence-electron chi connectivity index (χ3n) is 6.15. The van der Waals surface area contributed by atoms with Crippen molar-refractivity contribution in [3.63, 3.8) is 0 Å². The summed E-state index contributed by atoms with van der Waals surface area (Å²) in [4.78, 5) is 12.7. The quantitative estimate of drug-likeness (QED) is 0.874. The van der Waals surface area contributed by atoms with E-state index < -0.39 is 10.0 Å². The van der Waals surface area contributed by atoms with Gasteiger partial charge in [0, 0.05) is 25.2 Å². The number of hydrogen-bond acceptors (Lipinski definition) is 3. The summed E-state index contributed by atoms with van der Waals surface area (Å²) in [7, 11) is -3.44. The molecule has 2 bridgehead atoms. The minimum absolute atomic E-state index is 0.00766. The number of rotatable bonds is 5. The lowest BCUT2D eigenvalue weighted by Crippen LogP contribution is -2.28. The summed E-state index contributed by atoms with van der Waals surface area (Å²) in [5.74, 6) is 2.07. The fraction of sp³-hybridized carbons (Fsp3) is 0.632. The largest absolute Gasteiger partial charge is 0.326 e. The Morgan fingerprint density at radius 3 is 2.64 bits per heavy atom. The second-order valence-corrected chi connectivity index (χ2v) is 9.76. The zero-order chi connectivity index (χ0) is 17.4. The molecule has 1 aromatic carbocycles. The van der Waals surface area contributed by atoms with Crippen LogP contribution in [0.25, 0.3) is 0 Å². The monoisotopic (exact) mass is 362 g/mol. The smallest absolute Gasteiger partial charge is 0.243 e. The SMILES string of the molecule is O=C(CC1CC2CCC1C2)Nc1cccc(S(=O)(=O)N2CCCC2)c1. The van der Waals surface area contributed by atoms with Crippen molar-refractivity contribution in [1.82, 2.24) is 4.31 Å². The molecule has 3 atom stereocenters. The molecule has 1 N–H and O–H groups in total. The number of sulfonamides is 1. The minimum atomic E-state index is -3.44. The first kappa shape index (κ1) is 17.0. The maximum atomic E-state index is 12.7. The number of fused-ring (bicyclic) bond motifs is 2. The Balaban J connectivity index is 1.42. The molecular formula is C19H26N2O3S. The van der Waals surface area contributed by atoms with E-state index >= 15 is 0 Å². The van der Waals surface area contributed by atoms with E-state index in [0.29, 0.717) is 31.1 Å². The lowest BCUT2D eigenvalue weighted by atomic mass is 9.86. The zero-order valence-corrected chi connectivity index (χ0v) is 15.3. The molecule has 3 fully saturated rings. The van der Waals surface area contributed by atoms with Gasteiger partial charge in [-0.1, -0.05) is 12.5 Å². The molecule has 1 heterocycles. The molecule has 1 aromatic rings. The third kappa shape index (κ3) is 3.47. The molecule has 25 heavy (non-hydrogen) atoms. The maximum Gasteiger partial charge on any atom is 0.243 e. The molecule has 4 rings (SSSR count). The number of anilines is 1. The van der Waals surface area contributed by atoms with Crippen molar-refractivity contribution in [1.29, 1.82) is 0 Å².